The molecule has 3 aliphatic rings. The fourth-order valence-corrected chi connectivity index (χ4v) is 4.93. The topological polar surface area (TPSA) is 112 Å². The average Bonchev–Trinajstić information content (AvgIpc) is 2.83. The van der Waals surface area contributed by atoms with Gasteiger partial charge in [0, 0.05) is 31.3 Å². The number of methoxy groups -OCH3 is 1. The molecule has 3 aliphatic heterocycles. The number of carbonyl (C=O) groups is 3. The normalized spacial score (nSPS) is 26.9. The second-order valence-electron chi connectivity index (χ2n) is 8.67. The van der Waals surface area contributed by atoms with Gasteiger partial charge in [-0.2, -0.15) is 0 Å². The summed E-state index contributed by atoms with van der Waals surface area (Å²) in [7, 11) is 1.55. The summed E-state index contributed by atoms with van der Waals surface area (Å²) < 4.78 is 5.20. The van der Waals surface area contributed by atoms with E-state index >= 15 is 0 Å². The third kappa shape index (κ3) is 4.29. The fourth-order valence-electron chi connectivity index (χ4n) is 4.93. The molecular weight excluding hydrogens is 422 g/mol. The Morgan fingerprint density at radius 3 is 2.73 bits per heavy atom. The van der Waals surface area contributed by atoms with Crippen LogP contribution in [0.2, 0.25) is 0 Å². The predicted molar refractivity (Wildman–Crippen MR) is 121 cm³/mol. The van der Waals surface area contributed by atoms with Crippen LogP contribution in [0.3, 0.4) is 0 Å². The molecule has 3 heterocycles. The number of anilines is 1. The van der Waals surface area contributed by atoms with Crippen LogP contribution in [0.1, 0.15) is 17.5 Å². The minimum Gasteiger partial charge on any atom is -0.497 e. The zero-order valence-corrected chi connectivity index (χ0v) is 18.3. The number of piperidine rings is 1. The van der Waals surface area contributed by atoms with Gasteiger partial charge >= 0.3 is 0 Å². The quantitative estimate of drug-likeness (QED) is 0.549. The summed E-state index contributed by atoms with van der Waals surface area (Å²) in [6.07, 6.45) is -0.208. The number of carbonyl (C=O) groups excluding carboxylic acids is 3. The SMILES string of the molecule is COc1cccc(NC(=O)C2CC(=O)NC3NC(N4CCc5ccccc5C4)NC(=O)C32)c1. The van der Waals surface area contributed by atoms with Gasteiger partial charge in [-0.25, -0.2) is 0 Å². The number of hydrogen-bond acceptors (Lipinski definition) is 6. The van der Waals surface area contributed by atoms with Crippen LogP contribution in [-0.2, 0) is 27.3 Å². The number of fused-ring (bicyclic) bond motifs is 2. The molecule has 9 nitrogen and oxygen atoms in total. The van der Waals surface area contributed by atoms with Gasteiger partial charge in [-0.3, -0.25) is 24.6 Å². The van der Waals surface area contributed by atoms with Crippen molar-refractivity contribution in [3.63, 3.8) is 0 Å². The lowest BCUT2D eigenvalue weighted by Crippen LogP contribution is -2.74. The minimum atomic E-state index is -0.787. The Balaban J connectivity index is 1.30. The molecule has 4 N–H and O–H groups in total. The van der Waals surface area contributed by atoms with Crippen molar-refractivity contribution in [1.29, 1.82) is 0 Å². The van der Waals surface area contributed by atoms with Crippen molar-refractivity contribution < 1.29 is 19.1 Å². The molecule has 2 aromatic rings. The molecule has 9 heteroatoms. The Kier molecular flexibility index (Phi) is 5.74. The Bertz CT molecular complexity index is 1090. The van der Waals surface area contributed by atoms with Gasteiger partial charge in [0.1, 0.15) is 12.0 Å². The maximum atomic E-state index is 13.2. The van der Waals surface area contributed by atoms with E-state index in [-0.39, 0.29) is 24.1 Å². The van der Waals surface area contributed by atoms with Crippen molar-refractivity contribution in [2.75, 3.05) is 19.0 Å². The summed E-state index contributed by atoms with van der Waals surface area (Å²) in [4.78, 5) is 40.8. The highest BCUT2D eigenvalue weighted by Gasteiger charge is 2.49. The standard InChI is InChI=1S/C24H27N5O4/c1-33-17-8-4-7-16(11-17)25-22(31)18-12-19(30)26-21-20(18)23(32)28-24(27-21)29-10-9-14-5-2-3-6-15(14)13-29/h2-8,11,18,20-21,24,27H,9-10,12-13H2,1H3,(H,25,31)(H,26,30)(H,28,32). The summed E-state index contributed by atoms with van der Waals surface area (Å²) in [5.41, 5.74) is 3.09. The molecule has 0 spiro atoms. The Morgan fingerprint density at radius 1 is 1.09 bits per heavy atom. The average molecular weight is 450 g/mol. The number of amides is 3. The molecule has 2 saturated heterocycles. The van der Waals surface area contributed by atoms with Crippen molar-refractivity contribution in [2.45, 2.75) is 31.8 Å². The molecule has 0 radical (unpaired) electrons. The smallest absolute Gasteiger partial charge is 0.229 e. The Morgan fingerprint density at radius 2 is 1.91 bits per heavy atom. The van der Waals surface area contributed by atoms with Crippen molar-refractivity contribution >= 4 is 23.4 Å². The molecule has 4 unspecified atom stereocenters. The second kappa shape index (κ2) is 8.84. The first-order chi connectivity index (χ1) is 16.0. The van der Waals surface area contributed by atoms with Crippen LogP contribution in [0.4, 0.5) is 5.69 Å². The van der Waals surface area contributed by atoms with Gasteiger partial charge in [-0.1, -0.05) is 30.3 Å². The number of nitrogens with zero attached hydrogens (tertiary/aromatic N) is 1. The molecule has 0 aromatic heterocycles. The van der Waals surface area contributed by atoms with E-state index in [1.165, 1.54) is 11.1 Å². The van der Waals surface area contributed by atoms with Crippen LogP contribution in [0.5, 0.6) is 5.75 Å². The van der Waals surface area contributed by atoms with Crippen LogP contribution in [-0.4, -0.2) is 48.7 Å². The van der Waals surface area contributed by atoms with Crippen LogP contribution < -0.4 is 26.0 Å². The first kappa shape index (κ1) is 21.4. The van der Waals surface area contributed by atoms with E-state index in [0.29, 0.717) is 18.0 Å². The number of nitrogens with one attached hydrogen (secondary N) is 4. The van der Waals surface area contributed by atoms with Gasteiger partial charge in [0.15, 0.2) is 0 Å². The first-order valence-corrected chi connectivity index (χ1v) is 11.1. The van der Waals surface area contributed by atoms with E-state index in [4.69, 9.17) is 4.74 Å². The summed E-state index contributed by atoms with van der Waals surface area (Å²) in [5, 5.41) is 12.1. The minimum absolute atomic E-state index is 0.0478. The number of ether oxygens (including phenoxy) is 1. The summed E-state index contributed by atoms with van der Waals surface area (Å²) >= 11 is 0. The molecular formula is C24H27N5O4. The lowest BCUT2D eigenvalue weighted by Gasteiger charge is -2.47. The van der Waals surface area contributed by atoms with Gasteiger partial charge in [0.05, 0.1) is 25.1 Å². The summed E-state index contributed by atoms with van der Waals surface area (Å²) in [6, 6.07) is 15.2. The fraction of sp³-hybridized carbons (Fsp3) is 0.375. The highest BCUT2D eigenvalue weighted by Crippen LogP contribution is 2.29. The molecule has 5 rings (SSSR count). The molecule has 0 saturated carbocycles. The van der Waals surface area contributed by atoms with Crippen LogP contribution in [0.25, 0.3) is 0 Å². The van der Waals surface area contributed by atoms with E-state index in [0.717, 1.165) is 13.0 Å². The lowest BCUT2D eigenvalue weighted by molar-refractivity contribution is -0.147. The largest absolute Gasteiger partial charge is 0.497 e. The van der Waals surface area contributed by atoms with E-state index in [2.05, 4.69) is 38.3 Å². The van der Waals surface area contributed by atoms with Gasteiger partial charge in [-0.15, -0.1) is 0 Å². The van der Waals surface area contributed by atoms with Crippen molar-refractivity contribution in [3.8, 4) is 5.75 Å². The molecule has 3 amide bonds. The lowest BCUT2D eigenvalue weighted by atomic mass is 9.81. The van der Waals surface area contributed by atoms with Crippen molar-refractivity contribution in [2.24, 2.45) is 11.8 Å². The monoisotopic (exact) mass is 449 g/mol. The summed E-state index contributed by atoms with van der Waals surface area (Å²) in [5.74, 6) is -1.75. The molecule has 4 atom stereocenters. The van der Waals surface area contributed by atoms with E-state index in [1.54, 1.807) is 31.4 Å². The van der Waals surface area contributed by atoms with E-state index in [1.807, 2.05) is 12.1 Å². The second-order valence-corrected chi connectivity index (χ2v) is 8.67. The van der Waals surface area contributed by atoms with Gasteiger partial charge in [-0.05, 0) is 29.7 Å². The molecule has 0 aliphatic carbocycles. The molecule has 172 valence electrons. The molecule has 2 aromatic carbocycles. The third-order valence-electron chi connectivity index (χ3n) is 6.63. The molecule has 2 fully saturated rings. The zero-order chi connectivity index (χ0) is 22.9. The molecule has 0 bridgehead atoms. The number of rotatable bonds is 4. The van der Waals surface area contributed by atoms with E-state index in [9.17, 15) is 14.4 Å². The Labute approximate surface area is 191 Å². The highest BCUT2D eigenvalue weighted by atomic mass is 16.5. The first-order valence-electron chi connectivity index (χ1n) is 11.1. The predicted octanol–water partition coefficient (Wildman–Crippen LogP) is 0.773. The van der Waals surface area contributed by atoms with Crippen molar-refractivity contribution in [1.82, 2.24) is 20.9 Å². The summed E-state index contributed by atoms with van der Waals surface area (Å²) in [6.45, 7) is 1.47. The number of hydrogen-bond donors (Lipinski definition) is 4. The van der Waals surface area contributed by atoms with Crippen LogP contribution in [0, 0.1) is 11.8 Å². The van der Waals surface area contributed by atoms with Crippen molar-refractivity contribution in [3.05, 3.63) is 59.7 Å². The van der Waals surface area contributed by atoms with Crippen LogP contribution >= 0.6 is 0 Å². The maximum absolute atomic E-state index is 13.2. The van der Waals surface area contributed by atoms with E-state index < -0.39 is 24.3 Å². The third-order valence-corrected chi connectivity index (χ3v) is 6.63. The van der Waals surface area contributed by atoms with Crippen LogP contribution in [0.15, 0.2) is 48.5 Å². The maximum Gasteiger partial charge on any atom is 0.229 e. The van der Waals surface area contributed by atoms with Gasteiger partial charge in [0.25, 0.3) is 0 Å². The number of benzene rings is 2. The Hall–Kier alpha value is -3.43. The van der Waals surface area contributed by atoms with Gasteiger partial charge in [0.2, 0.25) is 17.7 Å². The highest BCUT2D eigenvalue weighted by molar-refractivity contribution is 6.00. The molecule has 33 heavy (non-hydrogen) atoms. The zero-order valence-electron chi connectivity index (χ0n) is 18.3. The van der Waals surface area contributed by atoms with Gasteiger partial charge < -0.3 is 20.7 Å².